The highest BCUT2D eigenvalue weighted by Crippen LogP contribution is 2.30. The van der Waals surface area contributed by atoms with Gasteiger partial charge in [-0.15, -0.1) is 0 Å². The molecule has 1 atom stereocenters. The molecule has 3 nitrogen and oxygen atoms in total. The SMILES string of the molecule is Brc1ccc(C=NC[C@H]2COc3ccccc3O2)cc1. The van der Waals surface area contributed by atoms with Crippen LogP contribution in [0.2, 0.25) is 0 Å². The summed E-state index contributed by atoms with van der Waals surface area (Å²) in [5, 5.41) is 0. The molecule has 2 aromatic rings. The van der Waals surface area contributed by atoms with Crippen molar-refractivity contribution in [3.8, 4) is 11.5 Å². The first-order chi connectivity index (χ1) is 9.81. The van der Waals surface area contributed by atoms with Crippen LogP contribution in [-0.2, 0) is 0 Å². The summed E-state index contributed by atoms with van der Waals surface area (Å²) in [6.45, 7) is 1.12. The van der Waals surface area contributed by atoms with E-state index in [-0.39, 0.29) is 6.10 Å². The van der Waals surface area contributed by atoms with E-state index in [1.807, 2.05) is 54.7 Å². The van der Waals surface area contributed by atoms with Gasteiger partial charge in [-0.2, -0.15) is 0 Å². The third-order valence-electron chi connectivity index (χ3n) is 2.99. The van der Waals surface area contributed by atoms with Crippen LogP contribution in [0.4, 0.5) is 0 Å². The first-order valence-electron chi connectivity index (χ1n) is 6.45. The maximum atomic E-state index is 5.84. The van der Waals surface area contributed by atoms with Crippen LogP contribution in [0.5, 0.6) is 11.5 Å². The molecule has 1 heterocycles. The number of hydrogen-bond acceptors (Lipinski definition) is 3. The molecule has 0 bridgehead atoms. The highest BCUT2D eigenvalue weighted by atomic mass is 79.9. The molecular formula is C16H14BrNO2. The van der Waals surface area contributed by atoms with Crippen molar-refractivity contribution in [2.24, 2.45) is 4.99 Å². The molecule has 20 heavy (non-hydrogen) atoms. The second-order valence-electron chi connectivity index (χ2n) is 4.54. The molecule has 0 radical (unpaired) electrons. The lowest BCUT2D eigenvalue weighted by molar-refractivity contribution is 0.0973. The number of fused-ring (bicyclic) bond motifs is 1. The van der Waals surface area contributed by atoms with Crippen LogP contribution in [0.25, 0.3) is 0 Å². The minimum absolute atomic E-state index is 0.0309. The van der Waals surface area contributed by atoms with Gasteiger partial charge in [-0.3, -0.25) is 4.99 Å². The van der Waals surface area contributed by atoms with Crippen molar-refractivity contribution in [2.45, 2.75) is 6.10 Å². The minimum atomic E-state index is -0.0309. The summed E-state index contributed by atoms with van der Waals surface area (Å²) < 4.78 is 12.6. The summed E-state index contributed by atoms with van der Waals surface area (Å²) in [6.07, 6.45) is 1.83. The molecule has 0 fully saturated rings. The van der Waals surface area contributed by atoms with Gasteiger partial charge in [-0.25, -0.2) is 0 Å². The third-order valence-corrected chi connectivity index (χ3v) is 3.52. The van der Waals surface area contributed by atoms with E-state index in [4.69, 9.17) is 9.47 Å². The van der Waals surface area contributed by atoms with Crippen molar-refractivity contribution < 1.29 is 9.47 Å². The van der Waals surface area contributed by atoms with E-state index >= 15 is 0 Å². The second-order valence-corrected chi connectivity index (χ2v) is 5.46. The van der Waals surface area contributed by atoms with Gasteiger partial charge in [0.25, 0.3) is 0 Å². The van der Waals surface area contributed by atoms with Crippen molar-refractivity contribution in [1.29, 1.82) is 0 Å². The highest BCUT2D eigenvalue weighted by molar-refractivity contribution is 9.10. The molecule has 0 aromatic heterocycles. The number of hydrogen-bond donors (Lipinski definition) is 0. The molecule has 0 spiro atoms. The summed E-state index contributed by atoms with van der Waals surface area (Å²) in [7, 11) is 0. The van der Waals surface area contributed by atoms with Crippen molar-refractivity contribution in [3.05, 3.63) is 58.6 Å². The number of rotatable bonds is 3. The lowest BCUT2D eigenvalue weighted by Crippen LogP contribution is -2.31. The molecule has 0 saturated heterocycles. The minimum Gasteiger partial charge on any atom is -0.486 e. The summed E-state index contributed by atoms with van der Waals surface area (Å²) in [5.74, 6) is 1.60. The summed E-state index contributed by atoms with van der Waals surface area (Å²) in [4.78, 5) is 4.42. The topological polar surface area (TPSA) is 30.8 Å². The molecule has 4 heteroatoms. The van der Waals surface area contributed by atoms with Gasteiger partial charge in [0.05, 0.1) is 6.54 Å². The van der Waals surface area contributed by atoms with Crippen LogP contribution >= 0.6 is 15.9 Å². The van der Waals surface area contributed by atoms with Crippen LogP contribution in [0.3, 0.4) is 0 Å². The largest absolute Gasteiger partial charge is 0.486 e. The Kier molecular flexibility index (Phi) is 4.02. The Morgan fingerprint density at radius 1 is 1.10 bits per heavy atom. The predicted octanol–water partition coefficient (Wildman–Crippen LogP) is 3.71. The van der Waals surface area contributed by atoms with E-state index in [0.29, 0.717) is 13.2 Å². The fraction of sp³-hybridized carbons (Fsp3) is 0.188. The smallest absolute Gasteiger partial charge is 0.161 e. The molecule has 0 aliphatic carbocycles. The summed E-state index contributed by atoms with van der Waals surface area (Å²) >= 11 is 3.41. The van der Waals surface area contributed by atoms with Gasteiger partial charge in [0, 0.05) is 10.7 Å². The van der Waals surface area contributed by atoms with Crippen LogP contribution < -0.4 is 9.47 Å². The summed E-state index contributed by atoms with van der Waals surface area (Å²) in [6, 6.07) is 15.7. The van der Waals surface area contributed by atoms with Crippen LogP contribution in [0.15, 0.2) is 58.0 Å². The standard InChI is InChI=1S/C16H14BrNO2/c17-13-7-5-12(6-8-13)9-18-10-14-11-19-15-3-1-2-4-16(15)20-14/h1-9,14H,10-11H2/t14-/m0/s1. The number of benzene rings is 2. The van der Waals surface area contributed by atoms with E-state index in [2.05, 4.69) is 20.9 Å². The predicted molar refractivity (Wildman–Crippen MR) is 83.0 cm³/mol. The molecule has 1 aliphatic rings. The van der Waals surface area contributed by atoms with Gasteiger partial charge in [0.15, 0.2) is 17.6 Å². The molecule has 0 saturated carbocycles. The van der Waals surface area contributed by atoms with E-state index in [0.717, 1.165) is 21.5 Å². The average molecular weight is 332 g/mol. The highest BCUT2D eigenvalue weighted by Gasteiger charge is 2.19. The van der Waals surface area contributed by atoms with Gasteiger partial charge in [0.2, 0.25) is 0 Å². The number of aliphatic imine (C=N–C) groups is 1. The zero-order chi connectivity index (χ0) is 13.8. The zero-order valence-electron chi connectivity index (χ0n) is 10.8. The molecule has 0 amide bonds. The molecule has 102 valence electrons. The molecule has 0 unspecified atom stereocenters. The maximum Gasteiger partial charge on any atom is 0.161 e. The Labute approximate surface area is 126 Å². The van der Waals surface area contributed by atoms with E-state index < -0.39 is 0 Å². The second kappa shape index (κ2) is 6.09. The Hall–Kier alpha value is -1.81. The number of ether oxygens (including phenoxy) is 2. The van der Waals surface area contributed by atoms with E-state index in [1.54, 1.807) is 0 Å². The number of nitrogens with zero attached hydrogens (tertiary/aromatic N) is 1. The molecule has 1 aliphatic heterocycles. The fourth-order valence-electron chi connectivity index (χ4n) is 1.98. The van der Waals surface area contributed by atoms with Crippen molar-refractivity contribution in [3.63, 3.8) is 0 Å². The lowest BCUT2D eigenvalue weighted by Gasteiger charge is -2.25. The Morgan fingerprint density at radius 3 is 2.65 bits per heavy atom. The Bertz CT molecular complexity index is 610. The maximum absolute atomic E-state index is 5.84. The van der Waals surface area contributed by atoms with Crippen LogP contribution in [0, 0.1) is 0 Å². The van der Waals surface area contributed by atoms with Gasteiger partial charge >= 0.3 is 0 Å². The third kappa shape index (κ3) is 3.20. The normalized spacial score (nSPS) is 17.4. The number of halogens is 1. The first-order valence-corrected chi connectivity index (χ1v) is 7.24. The fourth-order valence-corrected chi connectivity index (χ4v) is 2.24. The molecule has 3 rings (SSSR count). The van der Waals surface area contributed by atoms with Gasteiger partial charge < -0.3 is 9.47 Å². The molecule has 0 N–H and O–H groups in total. The van der Waals surface area contributed by atoms with E-state index in [1.165, 1.54) is 0 Å². The van der Waals surface area contributed by atoms with Crippen LogP contribution in [-0.4, -0.2) is 25.5 Å². The Balaban J connectivity index is 1.59. The van der Waals surface area contributed by atoms with Gasteiger partial charge in [-0.1, -0.05) is 40.2 Å². The number of para-hydroxylation sites is 2. The van der Waals surface area contributed by atoms with Gasteiger partial charge in [0.1, 0.15) is 6.61 Å². The zero-order valence-corrected chi connectivity index (χ0v) is 12.4. The van der Waals surface area contributed by atoms with Crippen molar-refractivity contribution >= 4 is 22.1 Å². The quantitative estimate of drug-likeness (QED) is 0.803. The van der Waals surface area contributed by atoms with E-state index in [9.17, 15) is 0 Å². The van der Waals surface area contributed by atoms with Crippen LogP contribution in [0.1, 0.15) is 5.56 Å². The Morgan fingerprint density at radius 2 is 1.85 bits per heavy atom. The monoisotopic (exact) mass is 331 g/mol. The molecule has 2 aromatic carbocycles. The van der Waals surface area contributed by atoms with Gasteiger partial charge in [-0.05, 0) is 29.8 Å². The average Bonchev–Trinajstić information content (AvgIpc) is 2.49. The van der Waals surface area contributed by atoms with Crippen molar-refractivity contribution in [2.75, 3.05) is 13.2 Å². The first kappa shape index (κ1) is 13.2. The molecular weight excluding hydrogens is 318 g/mol. The summed E-state index contributed by atoms with van der Waals surface area (Å²) in [5.41, 5.74) is 1.07. The van der Waals surface area contributed by atoms with Crippen molar-refractivity contribution in [1.82, 2.24) is 0 Å². The lowest BCUT2D eigenvalue weighted by atomic mass is 10.2.